The van der Waals surface area contributed by atoms with Crippen LogP contribution in [0.1, 0.15) is 24.3 Å². The van der Waals surface area contributed by atoms with Gasteiger partial charge in [-0.05, 0) is 55.0 Å². The van der Waals surface area contributed by atoms with Crippen molar-refractivity contribution in [1.82, 2.24) is 9.97 Å². The van der Waals surface area contributed by atoms with E-state index in [1.807, 2.05) is 73.8 Å². The molecule has 2 heterocycles. The highest BCUT2D eigenvalue weighted by atomic mass is 16.5. The predicted molar refractivity (Wildman–Crippen MR) is 123 cm³/mol. The third-order valence-electron chi connectivity index (χ3n) is 5.00. The lowest BCUT2D eigenvalue weighted by Crippen LogP contribution is -2.17. The number of nitrogens with zero attached hydrogens (tertiary/aromatic N) is 3. The van der Waals surface area contributed by atoms with Gasteiger partial charge in [-0.3, -0.25) is 9.97 Å². The highest BCUT2D eigenvalue weighted by Crippen LogP contribution is 2.37. The summed E-state index contributed by atoms with van der Waals surface area (Å²) in [4.78, 5) is 10.9. The summed E-state index contributed by atoms with van der Waals surface area (Å²) in [6, 6.07) is 26.1. The Morgan fingerprint density at radius 1 is 0.839 bits per heavy atom. The zero-order valence-electron chi connectivity index (χ0n) is 17.7. The lowest BCUT2D eigenvalue weighted by Gasteiger charge is -2.26. The minimum Gasteiger partial charge on any atom is -0.493 e. The number of rotatable bonds is 8. The molecule has 2 aromatic heterocycles. The van der Waals surface area contributed by atoms with Crippen molar-refractivity contribution in [2.45, 2.75) is 19.6 Å². The van der Waals surface area contributed by atoms with E-state index in [0.717, 1.165) is 22.6 Å². The van der Waals surface area contributed by atoms with E-state index < -0.39 is 0 Å². The first-order valence-corrected chi connectivity index (χ1v) is 10.2. The fraction of sp³-hybridized carbons (Fsp3) is 0.154. The Bertz CT molecular complexity index is 1090. The first-order valence-electron chi connectivity index (χ1n) is 10.2. The van der Waals surface area contributed by atoms with Crippen molar-refractivity contribution < 1.29 is 9.47 Å². The van der Waals surface area contributed by atoms with Gasteiger partial charge in [0.2, 0.25) is 0 Å². The van der Waals surface area contributed by atoms with Crippen LogP contribution in [-0.4, -0.2) is 17.1 Å². The maximum atomic E-state index is 6.27. The lowest BCUT2D eigenvalue weighted by molar-refractivity contribution is 0.211. The van der Waals surface area contributed by atoms with Gasteiger partial charge in [-0.15, -0.1) is 0 Å². The molecule has 1 atom stereocenters. The van der Waals surface area contributed by atoms with Gasteiger partial charge in [0.25, 0.3) is 0 Å². The van der Waals surface area contributed by atoms with Gasteiger partial charge in [0, 0.05) is 42.6 Å². The van der Waals surface area contributed by atoms with Crippen LogP contribution in [0.2, 0.25) is 0 Å². The van der Waals surface area contributed by atoms with Crippen LogP contribution in [0.25, 0.3) is 0 Å². The zero-order chi connectivity index (χ0) is 21.5. The summed E-state index contributed by atoms with van der Waals surface area (Å²) in [5, 5.41) is 0. The fourth-order valence-electron chi connectivity index (χ4n) is 3.41. The summed E-state index contributed by atoms with van der Waals surface area (Å²) >= 11 is 0. The summed E-state index contributed by atoms with van der Waals surface area (Å²) in [7, 11) is 1.65. The van der Waals surface area contributed by atoms with E-state index in [1.54, 1.807) is 19.5 Å². The number of hydrogen-bond donors (Lipinski definition) is 0. The molecule has 2 aromatic carbocycles. The molecule has 0 radical (unpaired) electrons. The highest BCUT2D eigenvalue weighted by Gasteiger charge is 2.16. The molecule has 0 saturated carbocycles. The van der Waals surface area contributed by atoms with E-state index in [0.29, 0.717) is 18.0 Å². The van der Waals surface area contributed by atoms with Gasteiger partial charge in [0.15, 0.2) is 11.5 Å². The SMILES string of the molecule is COc1ccc(N(Cc2cccnc2)c2ccccc2)cc1OC(C)c1ccccn1. The molecule has 0 fully saturated rings. The Balaban J connectivity index is 1.69. The molecular formula is C26H25N3O2. The summed E-state index contributed by atoms with van der Waals surface area (Å²) in [5.41, 5.74) is 4.07. The second-order valence-electron chi connectivity index (χ2n) is 7.13. The Morgan fingerprint density at radius 3 is 2.39 bits per heavy atom. The van der Waals surface area contributed by atoms with E-state index in [2.05, 4.69) is 33.1 Å². The molecule has 0 aliphatic heterocycles. The van der Waals surface area contributed by atoms with Gasteiger partial charge < -0.3 is 14.4 Å². The van der Waals surface area contributed by atoms with E-state index in [1.165, 1.54) is 0 Å². The first kappa shape index (κ1) is 20.4. The monoisotopic (exact) mass is 411 g/mol. The smallest absolute Gasteiger partial charge is 0.164 e. The quantitative estimate of drug-likeness (QED) is 0.358. The third kappa shape index (κ3) is 5.01. The molecule has 4 rings (SSSR count). The number of para-hydroxylation sites is 1. The van der Waals surface area contributed by atoms with E-state index >= 15 is 0 Å². The van der Waals surface area contributed by atoms with Crippen LogP contribution in [0, 0.1) is 0 Å². The molecule has 5 heteroatoms. The van der Waals surface area contributed by atoms with Crippen molar-refractivity contribution in [3.63, 3.8) is 0 Å². The molecule has 0 bridgehead atoms. The van der Waals surface area contributed by atoms with Crippen LogP contribution in [0.4, 0.5) is 11.4 Å². The summed E-state index contributed by atoms with van der Waals surface area (Å²) in [6.45, 7) is 2.67. The van der Waals surface area contributed by atoms with Crippen molar-refractivity contribution in [1.29, 1.82) is 0 Å². The average molecular weight is 412 g/mol. The van der Waals surface area contributed by atoms with Crippen molar-refractivity contribution in [3.05, 3.63) is 109 Å². The number of hydrogen-bond acceptors (Lipinski definition) is 5. The molecule has 4 aromatic rings. The molecular weight excluding hydrogens is 386 g/mol. The zero-order valence-corrected chi connectivity index (χ0v) is 17.7. The summed E-state index contributed by atoms with van der Waals surface area (Å²) < 4.78 is 11.8. The largest absolute Gasteiger partial charge is 0.493 e. The lowest BCUT2D eigenvalue weighted by atomic mass is 10.1. The number of benzene rings is 2. The molecule has 5 nitrogen and oxygen atoms in total. The molecule has 0 N–H and O–H groups in total. The van der Waals surface area contributed by atoms with Crippen LogP contribution in [-0.2, 0) is 6.54 Å². The van der Waals surface area contributed by atoms with Gasteiger partial charge in [-0.25, -0.2) is 0 Å². The van der Waals surface area contributed by atoms with Crippen LogP contribution in [0.3, 0.4) is 0 Å². The third-order valence-corrected chi connectivity index (χ3v) is 5.00. The van der Waals surface area contributed by atoms with E-state index in [4.69, 9.17) is 9.47 Å². The maximum absolute atomic E-state index is 6.27. The maximum Gasteiger partial charge on any atom is 0.164 e. The van der Waals surface area contributed by atoms with Gasteiger partial charge in [0.05, 0.1) is 12.8 Å². The first-order chi connectivity index (χ1) is 15.2. The summed E-state index contributed by atoms with van der Waals surface area (Å²) in [6.07, 6.45) is 5.23. The van der Waals surface area contributed by atoms with Crippen LogP contribution >= 0.6 is 0 Å². The second kappa shape index (κ2) is 9.76. The number of ether oxygens (including phenoxy) is 2. The van der Waals surface area contributed by atoms with E-state index in [9.17, 15) is 0 Å². The molecule has 1 unspecified atom stereocenters. The normalized spacial score (nSPS) is 11.5. The van der Waals surface area contributed by atoms with Crippen molar-refractivity contribution in [2.75, 3.05) is 12.0 Å². The number of aromatic nitrogens is 2. The minimum absolute atomic E-state index is 0.214. The number of anilines is 2. The van der Waals surface area contributed by atoms with Crippen molar-refractivity contribution in [2.24, 2.45) is 0 Å². The molecule has 31 heavy (non-hydrogen) atoms. The minimum atomic E-state index is -0.214. The number of pyridine rings is 2. The Kier molecular flexibility index (Phi) is 6.43. The van der Waals surface area contributed by atoms with Gasteiger partial charge in [0.1, 0.15) is 6.10 Å². The average Bonchev–Trinajstić information content (AvgIpc) is 2.84. The molecule has 0 amide bonds. The van der Waals surface area contributed by atoms with Crippen LogP contribution in [0.15, 0.2) is 97.5 Å². The van der Waals surface area contributed by atoms with Gasteiger partial charge >= 0.3 is 0 Å². The van der Waals surface area contributed by atoms with Gasteiger partial charge in [-0.2, -0.15) is 0 Å². The molecule has 0 spiro atoms. The van der Waals surface area contributed by atoms with Crippen molar-refractivity contribution >= 4 is 11.4 Å². The standard InChI is InChI=1S/C26H25N3O2/c1-20(24-12-6-7-16-28-24)31-26-17-23(13-14-25(26)30-2)29(22-10-4-3-5-11-22)19-21-9-8-15-27-18-21/h3-18,20H,19H2,1-2H3. The Labute approximate surface area is 182 Å². The molecule has 156 valence electrons. The van der Waals surface area contributed by atoms with Crippen molar-refractivity contribution in [3.8, 4) is 11.5 Å². The second-order valence-corrected chi connectivity index (χ2v) is 7.13. The highest BCUT2D eigenvalue weighted by molar-refractivity contribution is 5.66. The van der Waals surface area contributed by atoms with Crippen LogP contribution in [0.5, 0.6) is 11.5 Å². The fourth-order valence-corrected chi connectivity index (χ4v) is 3.41. The Morgan fingerprint density at radius 2 is 1.68 bits per heavy atom. The molecule has 0 saturated heterocycles. The van der Waals surface area contributed by atoms with Gasteiger partial charge in [-0.1, -0.05) is 30.3 Å². The Hall–Kier alpha value is -3.86. The number of methoxy groups -OCH3 is 1. The van der Waals surface area contributed by atoms with Crippen LogP contribution < -0.4 is 14.4 Å². The summed E-state index contributed by atoms with van der Waals surface area (Å²) in [5.74, 6) is 1.35. The molecule has 0 aliphatic carbocycles. The topological polar surface area (TPSA) is 47.5 Å². The van der Waals surface area contributed by atoms with E-state index in [-0.39, 0.29) is 6.10 Å². The predicted octanol–water partition coefficient (Wildman–Crippen LogP) is 5.96. The molecule has 0 aliphatic rings.